The molecule has 1 atom stereocenters. The summed E-state index contributed by atoms with van der Waals surface area (Å²) in [4.78, 5) is 19.0. The van der Waals surface area contributed by atoms with Crippen LogP contribution >= 0.6 is 15.9 Å². The lowest BCUT2D eigenvalue weighted by Gasteiger charge is -2.27. The summed E-state index contributed by atoms with van der Waals surface area (Å²) in [6.45, 7) is 2.98. The third-order valence-corrected chi connectivity index (χ3v) is 4.07. The predicted octanol–water partition coefficient (Wildman–Crippen LogP) is 3.29. The molecular formula is C14H20BrN3O. The second-order valence-corrected chi connectivity index (χ2v) is 5.91. The molecule has 0 spiro atoms. The van der Waals surface area contributed by atoms with Crippen molar-refractivity contribution in [3.63, 3.8) is 0 Å². The molecule has 1 aliphatic rings. The Labute approximate surface area is 122 Å². The molecule has 4 nitrogen and oxygen atoms in total. The molecule has 0 saturated carbocycles. The summed E-state index contributed by atoms with van der Waals surface area (Å²) in [5, 5.41) is 2.99. The van der Waals surface area contributed by atoms with E-state index in [-0.39, 0.29) is 5.91 Å². The molecular weight excluding hydrogens is 306 g/mol. The number of nitrogens with one attached hydrogen (secondary N) is 1. The van der Waals surface area contributed by atoms with Gasteiger partial charge in [0.05, 0.1) is 5.56 Å². The van der Waals surface area contributed by atoms with E-state index in [1.165, 1.54) is 12.8 Å². The first-order valence-corrected chi connectivity index (χ1v) is 7.57. The predicted molar refractivity (Wildman–Crippen MR) is 80.5 cm³/mol. The molecule has 1 aliphatic heterocycles. The number of carbonyl (C=O) groups is 1. The lowest BCUT2D eigenvalue weighted by atomic mass is 10.1. The maximum absolute atomic E-state index is 12.7. The summed E-state index contributed by atoms with van der Waals surface area (Å²) >= 11 is 3.39. The largest absolute Gasteiger partial charge is 0.372 e. The molecule has 1 unspecified atom stereocenters. The summed E-state index contributed by atoms with van der Waals surface area (Å²) < 4.78 is 0.831. The summed E-state index contributed by atoms with van der Waals surface area (Å²) in [6.07, 6.45) is 6.30. The van der Waals surface area contributed by atoms with Gasteiger partial charge in [-0.15, -0.1) is 0 Å². The molecule has 0 aromatic carbocycles. The van der Waals surface area contributed by atoms with Gasteiger partial charge in [0.1, 0.15) is 5.82 Å². The van der Waals surface area contributed by atoms with Crippen molar-refractivity contribution < 1.29 is 4.79 Å². The minimum atomic E-state index is 0.0764. The van der Waals surface area contributed by atoms with Crippen molar-refractivity contribution in [1.82, 2.24) is 9.88 Å². The molecule has 1 saturated heterocycles. The lowest BCUT2D eigenvalue weighted by molar-refractivity contribution is 0.0698. The van der Waals surface area contributed by atoms with Crippen molar-refractivity contribution >= 4 is 27.7 Å². The molecule has 19 heavy (non-hydrogen) atoms. The van der Waals surface area contributed by atoms with Gasteiger partial charge in [-0.1, -0.05) is 12.8 Å². The Hall–Kier alpha value is -1.10. The van der Waals surface area contributed by atoms with Gasteiger partial charge in [-0.3, -0.25) is 4.79 Å². The first-order chi connectivity index (χ1) is 9.13. The zero-order valence-electron chi connectivity index (χ0n) is 11.4. The highest BCUT2D eigenvalue weighted by Gasteiger charge is 2.25. The van der Waals surface area contributed by atoms with Gasteiger partial charge >= 0.3 is 0 Å². The van der Waals surface area contributed by atoms with E-state index in [0.29, 0.717) is 17.4 Å². The SMILES string of the molecule is CNc1ncc(Br)cc1C(=O)N1CCCCCC1C. The number of anilines is 1. The number of carbonyl (C=O) groups excluding carboxylic acids is 1. The van der Waals surface area contributed by atoms with Gasteiger partial charge in [0, 0.05) is 30.3 Å². The maximum atomic E-state index is 12.7. The van der Waals surface area contributed by atoms with Crippen LogP contribution in [-0.4, -0.2) is 35.4 Å². The Morgan fingerprint density at radius 3 is 3.00 bits per heavy atom. The van der Waals surface area contributed by atoms with Gasteiger partial charge < -0.3 is 10.2 Å². The minimum absolute atomic E-state index is 0.0764. The molecule has 5 heteroatoms. The molecule has 2 heterocycles. The van der Waals surface area contributed by atoms with E-state index in [9.17, 15) is 4.79 Å². The van der Waals surface area contributed by atoms with Crippen molar-refractivity contribution in [2.75, 3.05) is 18.9 Å². The van der Waals surface area contributed by atoms with E-state index in [4.69, 9.17) is 0 Å². The second kappa shape index (κ2) is 6.37. The Balaban J connectivity index is 2.29. The minimum Gasteiger partial charge on any atom is -0.372 e. The molecule has 0 aliphatic carbocycles. The van der Waals surface area contributed by atoms with Crippen molar-refractivity contribution in [3.8, 4) is 0 Å². The molecule has 0 bridgehead atoms. The third kappa shape index (κ3) is 3.26. The van der Waals surface area contributed by atoms with Gasteiger partial charge in [-0.05, 0) is 41.8 Å². The molecule has 104 valence electrons. The monoisotopic (exact) mass is 325 g/mol. The van der Waals surface area contributed by atoms with Crippen LogP contribution < -0.4 is 5.32 Å². The zero-order chi connectivity index (χ0) is 13.8. The van der Waals surface area contributed by atoms with Crippen LogP contribution in [0.2, 0.25) is 0 Å². The van der Waals surface area contributed by atoms with Crippen LogP contribution in [-0.2, 0) is 0 Å². The summed E-state index contributed by atoms with van der Waals surface area (Å²) in [5.74, 6) is 0.720. The first kappa shape index (κ1) is 14.3. The molecule has 1 fully saturated rings. The smallest absolute Gasteiger partial charge is 0.257 e. The molecule has 2 rings (SSSR count). The summed E-state index contributed by atoms with van der Waals surface area (Å²) in [6, 6.07) is 2.15. The molecule has 0 radical (unpaired) electrons. The van der Waals surface area contributed by atoms with Crippen molar-refractivity contribution in [1.29, 1.82) is 0 Å². The zero-order valence-corrected chi connectivity index (χ0v) is 13.0. The Kier molecular flexibility index (Phi) is 4.80. The van der Waals surface area contributed by atoms with Gasteiger partial charge in [-0.25, -0.2) is 4.98 Å². The molecule has 1 N–H and O–H groups in total. The number of rotatable bonds is 2. The van der Waals surface area contributed by atoms with Crippen LogP contribution in [0.5, 0.6) is 0 Å². The normalized spacial score (nSPS) is 19.9. The number of amides is 1. The van der Waals surface area contributed by atoms with E-state index in [0.717, 1.165) is 23.9 Å². The van der Waals surface area contributed by atoms with E-state index in [2.05, 4.69) is 33.2 Å². The van der Waals surface area contributed by atoms with Crippen molar-refractivity contribution in [3.05, 3.63) is 22.3 Å². The Morgan fingerprint density at radius 1 is 1.47 bits per heavy atom. The van der Waals surface area contributed by atoms with Crippen LogP contribution in [0.4, 0.5) is 5.82 Å². The number of pyridine rings is 1. The van der Waals surface area contributed by atoms with Gasteiger partial charge in [0.25, 0.3) is 5.91 Å². The van der Waals surface area contributed by atoms with Crippen LogP contribution in [0.15, 0.2) is 16.7 Å². The van der Waals surface area contributed by atoms with Gasteiger partial charge in [0.15, 0.2) is 0 Å². The fourth-order valence-electron chi connectivity index (χ4n) is 2.53. The highest BCUT2D eigenvalue weighted by Crippen LogP contribution is 2.23. The standard InChI is InChI=1S/C14H20BrN3O/c1-10-6-4-3-5-7-18(10)14(19)12-8-11(15)9-17-13(12)16-2/h8-10H,3-7H2,1-2H3,(H,16,17). The number of aromatic nitrogens is 1. The van der Waals surface area contributed by atoms with Crippen LogP contribution in [0, 0.1) is 0 Å². The van der Waals surface area contributed by atoms with E-state index in [1.807, 2.05) is 11.0 Å². The average Bonchev–Trinajstić information content (AvgIpc) is 2.62. The molecule has 1 amide bonds. The lowest BCUT2D eigenvalue weighted by Crippen LogP contribution is -2.38. The first-order valence-electron chi connectivity index (χ1n) is 6.77. The fraction of sp³-hybridized carbons (Fsp3) is 0.571. The summed E-state index contributed by atoms with van der Waals surface area (Å²) in [5.41, 5.74) is 0.644. The molecule has 1 aromatic rings. The topological polar surface area (TPSA) is 45.2 Å². The number of likely N-dealkylation sites (tertiary alicyclic amines) is 1. The van der Waals surface area contributed by atoms with Crippen LogP contribution in [0.25, 0.3) is 0 Å². The fourth-order valence-corrected chi connectivity index (χ4v) is 2.86. The average molecular weight is 326 g/mol. The second-order valence-electron chi connectivity index (χ2n) is 5.00. The maximum Gasteiger partial charge on any atom is 0.257 e. The third-order valence-electron chi connectivity index (χ3n) is 3.64. The Bertz CT molecular complexity index is 464. The number of hydrogen-bond donors (Lipinski definition) is 1. The Morgan fingerprint density at radius 2 is 2.26 bits per heavy atom. The van der Waals surface area contributed by atoms with Gasteiger partial charge in [0.2, 0.25) is 0 Å². The quantitative estimate of drug-likeness (QED) is 0.907. The van der Waals surface area contributed by atoms with E-state index < -0.39 is 0 Å². The van der Waals surface area contributed by atoms with E-state index in [1.54, 1.807) is 13.2 Å². The van der Waals surface area contributed by atoms with E-state index >= 15 is 0 Å². The van der Waals surface area contributed by atoms with Crippen molar-refractivity contribution in [2.45, 2.75) is 38.6 Å². The molecule has 1 aromatic heterocycles. The number of nitrogens with zero attached hydrogens (tertiary/aromatic N) is 2. The summed E-state index contributed by atoms with van der Waals surface area (Å²) in [7, 11) is 1.79. The van der Waals surface area contributed by atoms with Crippen LogP contribution in [0.1, 0.15) is 43.0 Å². The van der Waals surface area contributed by atoms with Crippen LogP contribution in [0.3, 0.4) is 0 Å². The number of hydrogen-bond acceptors (Lipinski definition) is 3. The van der Waals surface area contributed by atoms with Crippen molar-refractivity contribution in [2.24, 2.45) is 0 Å². The van der Waals surface area contributed by atoms with Gasteiger partial charge in [-0.2, -0.15) is 0 Å². The number of halogens is 1. The highest BCUT2D eigenvalue weighted by molar-refractivity contribution is 9.10. The highest BCUT2D eigenvalue weighted by atomic mass is 79.9.